The number of phenolic OH excluding ortho intramolecular Hbond substituents is 1. The number of hydrogen-bond donors (Lipinski definition) is 6. The van der Waals surface area contributed by atoms with Crippen molar-refractivity contribution in [2.75, 3.05) is 19.0 Å². The lowest BCUT2D eigenvalue weighted by atomic mass is 9.60. The van der Waals surface area contributed by atoms with Gasteiger partial charge in [0.2, 0.25) is 11.7 Å². The van der Waals surface area contributed by atoms with Crippen molar-refractivity contribution in [3.8, 4) is 16.9 Å². The molecule has 0 radical (unpaired) electrons. The second-order valence-corrected chi connectivity index (χ2v) is 9.95. The molecule has 0 fully saturated rings. The first-order valence-electron chi connectivity index (χ1n) is 12.2. The molecular formula is C28H26N2O9. The molecule has 0 heterocycles. The normalized spacial score (nSPS) is 24.2. The van der Waals surface area contributed by atoms with Gasteiger partial charge in [-0.15, -0.1) is 0 Å². The van der Waals surface area contributed by atoms with E-state index in [4.69, 9.17) is 10.5 Å². The molecule has 5 rings (SSSR count). The van der Waals surface area contributed by atoms with Crippen LogP contribution >= 0.6 is 0 Å². The quantitative estimate of drug-likeness (QED) is 0.310. The number of phenols is 1. The van der Waals surface area contributed by atoms with Gasteiger partial charge in [0, 0.05) is 30.7 Å². The van der Waals surface area contributed by atoms with Crippen LogP contribution in [0.3, 0.4) is 0 Å². The first-order chi connectivity index (χ1) is 18.5. The highest BCUT2D eigenvalue weighted by atomic mass is 16.5. The standard InChI is InChI=1S/C28H26N2O9/c1-39-11-20(33)30-15-4-2-12(3-5-15)16-6-7-18(31)22-17(16)9-13-8-14-10-19(32)23(27(29)37)26(36)28(14,38)25(35)21(13)24(22)34/h2-7,13-14,31-32,35,38H,8-11H2,1H3,(H2,29,37)(H,30,33)/t13-,14+,28+/m1/s1. The van der Waals surface area contributed by atoms with E-state index in [9.17, 15) is 39.6 Å². The molecule has 202 valence electrons. The zero-order chi connectivity index (χ0) is 28.2. The van der Waals surface area contributed by atoms with Crippen LogP contribution in [0.25, 0.3) is 11.1 Å². The van der Waals surface area contributed by atoms with E-state index in [1.54, 1.807) is 30.3 Å². The highest BCUT2D eigenvalue weighted by molar-refractivity contribution is 6.24. The lowest BCUT2D eigenvalue weighted by Gasteiger charge is -2.45. The minimum Gasteiger partial charge on any atom is -0.511 e. The summed E-state index contributed by atoms with van der Waals surface area (Å²) in [6, 6.07) is 9.86. The maximum atomic E-state index is 13.7. The Kier molecular flexibility index (Phi) is 6.28. The molecule has 11 heteroatoms. The van der Waals surface area contributed by atoms with Crippen molar-refractivity contribution in [2.24, 2.45) is 17.6 Å². The van der Waals surface area contributed by atoms with Gasteiger partial charge in [0.05, 0.1) is 5.56 Å². The van der Waals surface area contributed by atoms with Crippen molar-refractivity contribution in [2.45, 2.75) is 24.9 Å². The number of amides is 2. The monoisotopic (exact) mass is 534 g/mol. The van der Waals surface area contributed by atoms with Gasteiger partial charge in [-0.2, -0.15) is 0 Å². The molecule has 0 unspecified atom stereocenters. The summed E-state index contributed by atoms with van der Waals surface area (Å²) in [6.45, 7) is -0.0987. The number of rotatable bonds is 5. The number of carbonyl (C=O) groups is 4. The summed E-state index contributed by atoms with van der Waals surface area (Å²) in [5, 5.41) is 46.1. The van der Waals surface area contributed by atoms with Crippen molar-refractivity contribution < 1.29 is 44.3 Å². The zero-order valence-corrected chi connectivity index (χ0v) is 20.9. The molecule has 2 amide bonds. The lowest BCUT2D eigenvalue weighted by Crippen LogP contribution is -2.57. The van der Waals surface area contributed by atoms with Crippen LogP contribution in [0.1, 0.15) is 28.8 Å². The number of nitrogens with one attached hydrogen (secondary N) is 1. The van der Waals surface area contributed by atoms with Crippen LogP contribution in [0.15, 0.2) is 59.1 Å². The van der Waals surface area contributed by atoms with Crippen molar-refractivity contribution in [3.05, 3.63) is 70.2 Å². The second-order valence-electron chi connectivity index (χ2n) is 9.95. The number of primary amides is 1. The number of nitrogens with two attached hydrogens (primary N) is 1. The average Bonchev–Trinajstić information content (AvgIpc) is 2.87. The van der Waals surface area contributed by atoms with E-state index in [-0.39, 0.29) is 48.7 Å². The molecule has 2 aromatic rings. The summed E-state index contributed by atoms with van der Waals surface area (Å²) in [6.07, 6.45) is -0.0640. The number of aliphatic hydroxyl groups is 3. The number of anilines is 1. The summed E-state index contributed by atoms with van der Waals surface area (Å²) in [5.74, 6) is -7.03. The third-order valence-corrected chi connectivity index (χ3v) is 7.70. The van der Waals surface area contributed by atoms with Gasteiger partial charge in [-0.3, -0.25) is 19.2 Å². The zero-order valence-electron chi connectivity index (χ0n) is 20.9. The molecule has 39 heavy (non-hydrogen) atoms. The number of aliphatic hydroxyl groups excluding tert-OH is 2. The number of benzene rings is 2. The first-order valence-corrected chi connectivity index (χ1v) is 12.2. The van der Waals surface area contributed by atoms with Crippen molar-refractivity contribution in [1.29, 1.82) is 0 Å². The Morgan fingerprint density at radius 1 is 1.08 bits per heavy atom. The Bertz CT molecular complexity index is 1510. The molecule has 0 spiro atoms. The number of ketones is 2. The number of allylic oxidation sites excluding steroid dienone is 2. The highest BCUT2D eigenvalue weighted by Crippen LogP contribution is 2.52. The van der Waals surface area contributed by atoms with Gasteiger partial charge >= 0.3 is 0 Å². The molecule has 2 aromatic carbocycles. The van der Waals surface area contributed by atoms with Crippen LogP contribution < -0.4 is 11.1 Å². The predicted octanol–water partition coefficient (Wildman–Crippen LogP) is 1.83. The van der Waals surface area contributed by atoms with Crippen molar-refractivity contribution in [3.63, 3.8) is 0 Å². The topological polar surface area (TPSA) is 196 Å². The van der Waals surface area contributed by atoms with Gasteiger partial charge in [0.1, 0.15) is 29.4 Å². The summed E-state index contributed by atoms with van der Waals surface area (Å²) >= 11 is 0. The van der Waals surface area contributed by atoms with Gasteiger partial charge in [-0.25, -0.2) is 0 Å². The van der Waals surface area contributed by atoms with Crippen molar-refractivity contribution in [1.82, 2.24) is 0 Å². The minimum atomic E-state index is -2.61. The first kappa shape index (κ1) is 26.1. The van der Waals surface area contributed by atoms with E-state index in [0.717, 1.165) is 0 Å². The Balaban J connectivity index is 1.57. The van der Waals surface area contributed by atoms with Gasteiger partial charge < -0.3 is 36.2 Å². The number of ether oxygens (including phenoxy) is 1. The molecule has 7 N–H and O–H groups in total. The highest BCUT2D eigenvalue weighted by Gasteiger charge is 2.59. The van der Waals surface area contributed by atoms with Crippen LogP contribution in [0, 0.1) is 11.8 Å². The Morgan fingerprint density at radius 3 is 2.41 bits per heavy atom. The molecule has 0 aromatic heterocycles. The number of carbonyl (C=O) groups excluding carboxylic acids is 4. The number of fused-ring (bicyclic) bond motifs is 3. The van der Waals surface area contributed by atoms with Gasteiger partial charge in [0.15, 0.2) is 11.4 Å². The smallest absolute Gasteiger partial charge is 0.255 e. The van der Waals surface area contributed by atoms with Crippen LogP contribution in [-0.4, -0.2) is 63.1 Å². The summed E-state index contributed by atoms with van der Waals surface area (Å²) in [4.78, 5) is 50.3. The maximum absolute atomic E-state index is 13.7. The number of hydrogen-bond acceptors (Lipinski definition) is 9. The molecule has 0 aliphatic heterocycles. The fraction of sp³-hybridized carbons (Fsp3) is 0.286. The Labute approximate surface area is 222 Å². The van der Waals surface area contributed by atoms with Crippen LogP contribution in [0.4, 0.5) is 5.69 Å². The van der Waals surface area contributed by atoms with E-state index in [1.807, 2.05) is 0 Å². The van der Waals surface area contributed by atoms with Crippen LogP contribution in [0.2, 0.25) is 0 Å². The molecule has 11 nitrogen and oxygen atoms in total. The van der Waals surface area contributed by atoms with Crippen LogP contribution in [-0.2, 0) is 25.5 Å². The molecule has 0 saturated heterocycles. The van der Waals surface area contributed by atoms with Crippen LogP contribution in [0.5, 0.6) is 5.75 Å². The van der Waals surface area contributed by atoms with E-state index < -0.39 is 52.0 Å². The van der Waals surface area contributed by atoms with E-state index in [2.05, 4.69) is 5.32 Å². The summed E-state index contributed by atoms with van der Waals surface area (Å²) < 4.78 is 4.81. The number of methoxy groups -OCH3 is 1. The maximum Gasteiger partial charge on any atom is 0.255 e. The molecule has 3 aliphatic carbocycles. The molecular weight excluding hydrogens is 508 g/mol. The van der Waals surface area contributed by atoms with Crippen molar-refractivity contribution >= 4 is 29.1 Å². The van der Waals surface area contributed by atoms with E-state index in [1.165, 1.54) is 13.2 Å². The largest absolute Gasteiger partial charge is 0.511 e. The third-order valence-electron chi connectivity index (χ3n) is 7.70. The summed E-state index contributed by atoms with van der Waals surface area (Å²) in [7, 11) is 1.41. The van der Waals surface area contributed by atoms with E-state index >= 15 is 0 Å². The fourth-order valence-corrected chi connectivity index (χ4v) is 5.95. The third kappa shape index (κ3) is 3.98. The lowest BCUT2D eigenvalue weighted by molar-refractivity contribution is -0.144. The van der Waals surface area contributed by atoms with Gasteiger partial charge in [0.25, 0.3) is 5.91 Å². The fourth-order valence-electron chi connectivity index (χ4n) is 5.95. The molecule has 0 bridgehead atoms. The van der Waals surface area contributed by atoms with Gasteiger partial charge in [-0.05, 0) is 53.6 Å². The molecule has 0 saturated carbocycles. The second kappa shape index (κ2) is 9.37. The Hall–Kier alpha value is -4.48. The summed E-state index contributed by atoms with van der Waals surface area (Å²) in [5.41, 5.74) is 3.92. The molecule has 3 atom stereocenters. The molecule has 3 aliphatic rings. The number of Topliss-reactive ketones (excluding diaryl/α,β-unsaturated/α-hetero) is 2. The minimum absolute atomic E-state index is 0.0441. The average molecular weight is 535 g/mol. The predicted molar refractivity (Wildman–Crippen MR) is 137 cm³/mol. The SMILES string of the molecule is COCC(=O)Nc1ccc(-c2ccc(O)c3c2C[C@H]2C[C@H]4CC(O)=C(C(N)=O)C(=O)[C@@]4(O)C(O)=C2C3=O)cc1. The Morgan fingerprint density at radius 2 is 1.77 bits per heavy atom. The van der Waals surface area contributed by atoms with Gasteiger partial charge in [-0.1, -0.05) is 18.2 Å². The number of aromatic hydroxyl groups is 1. The van der Waals surface area contributed by atoms with E-state index in [0.29, 0.717) is 22.4 Å².